The van der Waals surface area contributed by atoms with E-state index in [-0.39, 0.29) is 11.1 Å². The third kappa shape index (κ3) is 3.07. The van der Waals surface area contributed by atoms with Gasteiger partial charge in [0.2, 0.25) is 0 Å². The van der Waals surface area contributed by atoms with Crippen molar-refractivity contribution in [2.45, 2.75) is 6.42 Å². The van der Waals surface area contributed by atoms with Crippen molar-refractivity contribution in [1.82, 2.24) is 0 Å². The number of alkyl halides is 1. The molecule has 0 atom stereocenters. The highest BCUT2D eigenvalue weighted by molar-refractivity contribution is 9.09. The topological polar surface area (TPSA) is 37.3 Å². The summed E-state index contributed by atoms with van der Waals surface area (Å²) in [7, 11) is 0. The van der Waals surface area contributed by atoms with Gasteiger partial charge in [-0.2, -0.15) is 0 Å². The van der Waals surface area contributed by atoms with Crippen LogP contribution in [0.4, 0.5) is 4.39 Å². The summed E-state index contributed by atoms with van der Waals surface area (Å²) in [6, 6.07) is 3.89. The number of hydrogen-bond donors (Lipinski definition) is 1. The first kappa shape index (κ1) is 11.7. The molecule has 0 aliphatic rings. The first-order valence-electron chi connectivity index (χ1n) is 4.23. The Morgan fingerprint density at radius 3 is 2.87 bits per heavy atom. The van der Waals surface area contributed by atoms with Crippen LogP contribution in [-0.2, 0) is 0 Å². The van der Waals surface area contributed by atoms with Gasteiger partial charge in [-0.25, -0.2) is 9.18 Å². The number of carbonyl (C=O) groups is 1. The smallest absolute Gasteiger partial charge is 0.337 e. The molecule has 0 amide bonds. The molecule has 0 spiro atoms. The molecule has 78 valence electrons. The first-order valence-corrected chi connectivity index (χ1v) is 5.35. The second-order valence-electron chi connectivity index (χ2n) is 2.71. The van der Waals surface area contributed by atoms with Crippen molar-refractivity contribution in [2.24, 2.45) is 0 Å². The Labute approximate surface area is 95.2 Å². The monoisotopic (exact) mass is 270 g/mol. The van der Waals surface area contributed by atoms with E-state index in [0.29, 0.717) is 11.8 Å². The predicted molar refractivity (Wildman–Crippen MR) is 58.6 cm³/mol. The Hall–Kier alpha value is -1.34. The molecule has 0 radical (unpaired) electrons. The Bertz CT molecular complexity index is 432. The van der Waals surface area contributed by atoms with E-state index in [2.05, 4.69) is 27.8 Å². The number of rotatable bonds is 2. The lowest BCUT2D eigenvalue weighted by atomic mass is 10.1. The Morgan fingerprint density at radius 1 is 1.53 bits per heavy atom. The van der Waals surface area contributed by atoms with Crippen LogP contribution >= 0.6 is 15.9 Å². The summed E-state index contributed by atoms with van der Waals surface area (Å²) in [5.74, 6) is 3.45. The summed E-state index contributed by atoms with van der Waals surface area (Å²) in [5.41, 5.74) is -0.150. The highest BCUT2D eigenvalue weighted by Crippen LogP contribution is 2.12. The number of carboxylic acid groups (broad SMARTS) is 1. The summed E-state index contributed by atoms with van der Waals surface area (Å²) in [6.45, 7) is 0. The lowest BCUT2D eigenvalue weighted by Gasteiger charge is -1.99. The van der Waals surface area contributed by atoms with Crippen LogP contribution < -0.4 is 0 Å². The fourth-order valence-corrected chi connectivity index (χ4v) is 1.23. The SMILES string of the molecule is O=C(O)c1cccc(F)c1C#CCCBr. The van der Waals surface area contributed by atoms with Crippen molar-refractivity contribution in [2.75, 3.05) is 5.33 Å². The molecule has 1 N–H and O–H groups in total. The summed E-state index contributed by atoms with van der Waals surface area (Å²) < 4.78 is 13.3. The zero-order chi connectivity index (χ0) is 11.3. The highest BCUT2D eigenvalue weighted by Gasteiger charge is 2.11. The third-order valence-electron chi connectivity index (χ3n) is 1.68. The Morgan fingerprint density at radius 2 is 2.27 bits per heavy atom. The zero-order valence-corrected chi connectivity index (χ0v) is 9.34. The molecule has 0 aliphatic heterocycles. The average Bonchev–Trinajstić information content (AvgIpc) is 2.20. The zero-order valence-electron chi connectivity index (χ0n) is 7.76. The molecule has 1 aromatic carbocycles. The Balaban J connectivity index is 3.15. The van der Waals surface area contributed by atoms with Gasteiger partial charge in [0.1, 0.15) is 5.82 Å². The summed E-state index contributed by atoms with van der Waals surface area (Å²) in [4.78, 5) is 10.8. The van der Waals surface area contributed by atoms with Crippen LogP contribution in [0.3, 0.4) is 0 Å². The van der Waals surface area contributed by atoms with E-state index >= 15 is 0 Å². The fourth-order valence-electron chi connectivity index (χ4n) is 1.03. The molecule has 1 rings (SSSR count). The van der Waals surface area contributed by atoms with Crippen molar-refractivity contribution in [3.8, 4) is 11.8 Å². The fraction of sp³-hybridized carbons (Fsp3) is 0.182. The Kier molecular flexibility index (Phi) is 4.32. The van der Waals surface area contributed by atoms with Crippen molar-refractivity contribution in [1.29, 1.82) is 0 Å². The van der Waals surface area contributed by atoms with Gasteiger partial charge in [-0.05, 0) is 12.1 Å². The second kappa shape index (κ2) is 5.52. The molecule has 0 saturated heterocycles. The minimum Gasteiger partial charge on any atom is -0.478 e. The van der Waals surface area contributed by atoms with E-state index in [0.717, 1.165) is 0 Å². The number of aromatic carboxylic acids is 1. The molecule has 0 bridgehead atoms. The van der Waals surface area contributed by atoms with Gasteiger partial charge in [0.25, 0.3) is 0 Å². The van der Waals surface area contributed by atoms with E-state index in [1.54, 1.807) is 0 Å². The third-order valence-corrected chi connectivity index (χ3v) is 2.07. The number of benzene rings is 1. The lowest BCUT2D eigenvalue weighted by molar-refractivity contribution is 0.0696. The molecule has 2 nitrogen and oxygen atoms in total. The van der Waals surface area contributed by atoms with Gasteiger partial charge >= 0.3 is 5.97 Å². The molecular weight excluding hydrogens is 263 g/mol. The summed E-state index contributed by atoms with van der Waals surface area (Å²) in [6.07, 6.45) is 0.549. The molecule has 1 aromatic rings. The van der Waals surface area contributed by atoms with Gasteiger partial charge in [0.15, 0.2) is 0 Å². The minimum absolute atomic E-state index is 0.0500. The molecule has 0 aromatic heterocycles. The van der Waals surface area contributed by atoms with E-state index in [1.165, 1.54) is 18.2 Å². The van der Waals surface area contributed by atoms with Gasteiger partial charge in [0, 0.05) is 11.8 Å². The summed E-state index contributed by atoms with van der Waals surface area (Å²) in [5, 5.41) is 9.48. The molecule has 0 unspecified atom stereocenters. The molecule has 15 heavy (non-hydrogen) atoms. The van der Waals surface area contributed by atoms with E-state index in [1.807, 2.05) is 0 Å². The largest absolute Gasteiger partial charge is 0.478 e. The van der Waals surface area contributed by atoms with Crippen LogP contribution in [-0.4, -0.2) is 16.4 Å². The lowest BCUT2D eigenvalue weighted by Crippen LogP contribution is -2.01. The van der Waals surface area contributed by atoms with E-state index in [9.17, 15) is 9.18 Å². The standard InChI is InChI=1S/C11H8BrFO2/c12-7-2-1-4-8-9(11(14)15)5-3-6-10(8)13/h3,5-6H,2,7H2,(H,14,15). The van der Waals surface area contributed by atoms with Crippen LogP contribution in [0, 0.1) is 17.7 Å². The normalized spacial score (nSPS) is 9.20. The molecule has 4 heteroatoms. The van der Waals surface area contributed by atoms with Crippen LogP contribution in [0.2, 0.25) is 0 Å². The van der Waals surface area contributed by atoms with E-state index < -0.39 is 11.8 Å². The van der Waals surface area contributed by atoms with Gasteiger partial charge in [0.05, 0.1) is 11.1 Å². The first-order chi connectivity index (χ1) is 7.16. The molecule has 0 saturated carbocycles. The molecule has 0 heterocycles. The van der Waals surface area contributed by atoms with Gasteiger partial charge in [-0.3, -0.25) is 0 Å². The van der Waals surface area contributed by atoms with Gasteiger partial charge in [-0.1, -0.05) is 33.8 Å². The van der Waals surface area contributed by atoms with Gasteiger partial charge in [-0.15, -0.1) is 0 Å². The maximum Gasteiger partial charge on any atom is 0.337 e. The molecule has 0 fully saturated rings. The van der Waals surface area contributed by atoms with Crippen molar-refractivity contribution >= 4 is 21.9 Å². The number of carboxylic acids is 1. The van der Waals surface area contributed by atoms with Crippen LogP contribution in [0.5, 0.6) is 0 Å². The summed E-state index contributed by atoms with van der Waals surface area (Å²) >= 11 is 3.18. The maximum absolute atomic E-state index is 13.3. The van der Waals surface area contributed by atoms with Crippen LogP contribution in [0.1, 0.15) is 22.3 Å². The minimum atomic E-state index is -1.17. The molecule has 0 aliphatic carbocycles. The van der Waals surface area contributed by atoms with Crippen LogP contribution in [0.15, 0.2) is 18.2 Å². The van der Waals surface area contributed by atoms with Crippen molar-refractivity contribution in [3.63, 3.8) is 0 Å². The van der Waals surface area contributed by atoms with Crippen molar-refractivity contribution < 1.29 is 14.3 Å². The highest BCUT2D eigenvalue weighted by atomic mass is 79.9. The predicted octanol–water partition coefficient (Wildman–Crippen LogP) is 2.66. The van der Waals surface area contributed by atoms with Crippen LogP contribution in [0.25, 0.3) is 0 Å². The molecular formula is C11H8BrFO2. The number of hydrogen-bond acceptors (Lipinski definition) is 1. The average molecular weight is 271 g/mol. The van der Waals surface area contributed by atoms with Crippen molar-refractivity contribution in [3.05, 3.63) is 35.1 Å². The number of halogens is 2. The van der Waals surface area contributed by atoms with E-state index in [4.69, 9.17) is 5.11 Å². The maximum atomic E-state index is 13.3. The second-order valence-corrected chi connectivity index (χ2v) is 3.50. The van der Waals surface area contributed by atoms with Gasteiger partial charge < -0.3 is 5.11 Å². The quantitative estimate of drug-likeness (QED) is 0.663.